The predicted octanol–water partition coefficient (Wildman–Crippen LogP) is 1.84. The molecule has 0 heterocycles. The molecule has 0 rings (SSSR count). The number of carbonyl (C=O) groups excluding carboxylic acids is 1. The Morgan fingerprint density at radius 3 is 2.36 bits per heavy atom. The molecule has 80 valence electrons. The van der Waals surface area contributed by atoms with E-state index in [1.165, 1.54) is 0 Å². The first kappa shape index (κ1) is 13.1. The first-order chi connectivity index (χ1) is 6.49. The van der Waals surface area contributed by atoms with Gasteiger partial charge in [0.05, 0.1) is 12.1 Å². The summed E-state index contributed by atoms with van der Waals surface area (Å²) in [6, 6.07) is 2.05. The van der Waals surface area contributed by atoms with E-state index in [1.807, 2.05) is 6.92 Å². The van der Waals surface area contributed by atoms with Crippen LogP contribution in [0.1, 0.15) is 34.1 Å². The number of nitriles is 1. The first-order valence-corrected chi connectivity index (χ1v) is 5.10. The molecule has 0 saturated heterocycles. The highest BCUT2D eigenvalue weighted by molar-refractivity contribution is 5.80. The molecule has 1 atom stereocenters. The third-order valence-corrected chi connectivity index (χ3v) is 2.25. The molecule has 0 spiro atoms. The molecule has 0 aromatic heterocycles. The largest absolute Gasteiger partial charge is 0.298 e. The molecule has 1 unspecified atom stereocenters. The Balaban J connectivity index is 4.23. The van der Waals surface area contributed by atoms with Crippen molar-refractivity contribution in [2.75, 3.05) is 13.1 Å². The molecule has 3 heteroatoms. The second-order valence-electron chi connectivity index (χ2n) is 4.08. The van der Waals surface area contributed by atoms with Gasteiger partial charge in [0.15, 0.2) is 0 Å². The van der Waals surface area contributed by atoms with Crippen molar-refractivity contribution >= 4 is 5.78 Å². The van der Waals surface area contributed by atoms with Crippen molar-refractivity contribution in [3.63, 3.8) is 0 Å². The van der Waals surface area contributed by atoms with E-state index < -0.39 is 0 Å². The maximum absolute atomic E-state index is 11.2. The van der Waals surface area contributed by atoms with Gasteiger partial charge in [0.1, 0.15) is 5.78 Å². The van der Waals surface area contributed by atoms with E-state index in [1.54, 1.807) is 6.92 Å². The third kappa shape index (κ3) is 4.98. The minimum absolute atomic E-state index is 0.0641. The van der Waals surface area contributed by atoms with Gasteiger partial charge in [-0.15, -0.1) is 0 Å². The van der Waals surface area contributed by atoms with Crippen LogP contribution in [-0.4, -0.2) is 29.8 Å². The Hall–Kier alpha value is -0.880. The molecule has 0 aromatic rings. The second kappa shape index (κ2) is 6.56. The maximum atomic E-state index is 11.2. The Morgan fingerprint density at radius 2 is 2.00 bits per heavy atom. The van der Waals surface area contributed by atoms with Gasteiger partial charge >= 0.3 is 0 Å². The van der Waals surface area contributed by atoms with Gasteiger partial charge in [-0.3, -0.25) is 9.69 Å². The number of nitrogens with zero attached hydrogens (tertiary/aromatic N) is 2. The first-order valence-electron chi connectivity index (χ1n) is 5.10. The van der Waals surface area contributed by atoms with Crippen LogP contribution in [0, 0.1) is 17.2 Å². The molecule has 0 N–H and O–H groups in total. The number of hydrogen-bond donors (Lipinski definition) is 0. The highest BCUT2D eigenvalue weighted by atomic mass is 16.1. The lowest BCUT2D eigenvalue weighted by Gasteiger charge is -2.28. The van der Waals surface area contributed by atoms with Crippen molar-refractivity contribution in [1.29, 1.82) is 5.26 Å². The van der Waals surface area contributed by atoms with Crippen LogP contribution in [-0.2, 0) is 4.79 Å². The van der Waals surface area contributed by atoms with E-state index in [0.29, 0.717) is 18.9 Å². The summed E-state index contributed by atoms with van der Waals surface area (Å²) < 4.78 is 0. The molecule has 14 heavy (non-hydrogen) atoms. The molecule has 0 radical (unpaired) electrons. The van der Waals surface area contributed by atoms with Crippen molar-refractivity contribution in [2.24, 2.45) is 5.92 Å². The summed E-state index contributed by atoms with van der Waals surface area (Å²) in [5, 5.41) is 8.51. The Kier molecular flexibility index (Phi) is 6.14. The van der Waals surface area contributed by atoms with Crippen molar-refractivity contribution in [1.82, 2.24) is 4.90 Å². The summed E-state index contributed by atoms with van der Waals surface area (Å²) >= 11 is 0. The van der Waals surface area contributed by atoms with Crippen molar-refractivity contribution in [3.8, 4) is 6.07 Å². The van der Waals surface area contributed by atoms with Crippen LogP contribution in [0.3, 0.4) is 0 Å². The van der Waals surface area contributed by atoms with Gasteiger partial charge in [-0.05, 0) is 19.8 Å². The van der Waals surface area contributed by atoms with Crippen LogP contribution in [0.2, 0.25) is 0 Å². The lowest BCUT2D eigenvalue weighted by atomic mass is 10.1. The highest BCUT2D eigenvalue weighted by Crippen LogP contribution is 2.06. The Morgan fingerprint density at radius 1 is 1.43 bits per heavy atom. The fourth-order valence-electron chi connectivity index (χ4n) is 1.36. The SMILES string of the molecule is CC(=O)C(C)N(CCC#N)CC(C)C. The van der Waals surface area contributed by atoms with E-state index in [9.17, 15) is 4.79 Å². The van der Waals surface area contributed by atoms with Gasteiger partial charge in [-0.2, -0.15) is 5.26 Å². The van der Waals surface area contributed by atoms with E-state index in [2.05, 4.69) is 24.8 Å². The van der Waals surface area contributed by atoms with Crippen LogP contribution in [0.25, 0.3) is 0 Å². The molecule has 0 saturated carbocycles. The smallest absolute Gasteiger partial charge is 0.146 e. The minimum Gasteiger partial charge on any atom is -0.298 e. The summed E-state index contributed by atoms with van der Waals surface area (Å²) in [4.78, 5) is 13.3. The number of ketones is 1. The maximum Gasteiger partial charge on any atom is 0.146 e. The third-order valence-electron chi connectivity index (χ3n) is 2.25. The summed E-state index contributed by atoms with van der Waals surface area (Å²) in [5.41, 5.74) is 0. The van der Waals surface area contributed by atoms with Crippen molar-refractivity contribution in [3.05, 3.63) is 0 Å². The van der Waals surface area contributed by atoms with Gasteiger partial charge in [-0.1, -0.05) is 13.8 Å². The normalized spacial score (nSPS) is 12.9. The number of Topliss-reactive ketones (excluding diaryl/α,β-unsaturated/α-hetero) is 1. The predicted molar refractivity (Wildman–Crippen MR) is 56.8 cm³/mol. The molecule has 0 aromatic carbocycles. The number of rotatable bonds is 6. The number of carbonyl (C=O) groups is 1. The van der Waals surface area contributed by atoms with E-state index in [-0.39, 0.29) is 11.8 Å². The van der Waals surface area contributed by atoms with Gasteiger partial charge in [-0.25, -0.2) is 0 Å². The molecular weight excluding hydrogens is 176 g/mol. The van der Waals surface area contributed by atoms with Crippen LogP contribution in [0.15, 0.2) is 0 Å². The van der Waals surface area contributed by atoms with Crippen LogP contribution in [0.4, 0.5) is 0 Å². The molecule has 0 aliphatic rings. The zero-order valence-electron chi connectivity index (χ0n) is 9.58. The zero-order valence-corrected chi connectivity index (χ0v) is 9.58. The molecular formula is C11H20N2O. The second-order valence-corrected chi connectivity index (χ2v) is 4.08. The molecule has 0 amide bonds. The van der Waals surface area contributed by atoms with E-state index in [4.69, 9.17) is 5.26 Å². The molecule has 3 nitrogen and oxygen atoms in total. The lowest BCUT2D eigenvalue weighted by molar-refractivity contribution is -0.121. The van der Waals surface area contributed by atoms with Gasteiger partial charge in [0, 0.05) is 19.5 Å². The van der Waals surface area contributed by atoms with Crippen LogP contribution < -0.4 is 0 Å². The summed E-state index contributed by atoms with van der Waals surface area (Å²) in [5.74, 6) is 0.694. The quantitative estimate of drug-likeness (QED) is 0.651. The standard InChI is InChI=1S/C11H20N2O/c1-9(2)8-13(7-5-6-12)10(3)11(4)14/h9-10H,5,7-8H2,1-4H3. The van der Waals surface area contributed by atoms with Crippen molar-refractivity contribution in [2.45, 2.75) is 40.2 Å². The Bertz CT molecular complexity index is 218. The van der Waals surface area contributed by atoms with Gasteiger partial charge < -0.3 is 0 Å². The minimum atomic E-state index is -0.0641. The zero-order chi connectivity index (χ0) is 11.1. The van der Waals surface area contributed by atoms with Gasteiger partial charge in [0.2, 0.25) is 0 Å². The van der Waals surface area contributed by atoms with Crippen LogP contribution in [0.5, 0.6) is 0 Å². The fraction of sp³-hybridized carbons (Fsp3) is 0.818. The van der Waals surface area contributed by atoms with Crippen LogP contribution >= 0.6 is 0 Å². The average Bonchev–Trinajstić information content (AvgIpc) is 2.10. The summed E-state index contributed by atoms with van der Waals surface area (Å²) in [6.07, 6.45) is 0.490. The highest BCUT2D eigenvalue weighted by Gasteiger charge is 2.17. The summed E-state index contributed by atoms with van der Waals surface area (Å²) in [6.45, 7) is 9.31. The monoisotopic (exact) mass is 196 g/mol. The number of hydrogen-bond acceptors (Lipinski definition) is 3. The summed E-state index contributed by atoms with van der Waals surface area (Å²) in [7, 11) is 0. The molecule has 0 fully saturated rings. The lowest BCUT2D eigenvalue weighted by Crippen LogP contribution is -2.40. The molecule has 0 aliphatic heterocycles. The average molecular weight is 196 g/mol. The van der Waals surface area contributed by atoms with Crippen molar-refractivity contribution < 1.29 is 4.79 Å². The van der Waals surface area contributed by atoms with E-state index in [0.717, 1.165) is 6.54 Å². The molecule has 0 aliphatic carbocycles. The van der Waals surface area contributed by atoms with Gasteiger partial charge in [0.25, 0.3) is 0 Å². The van der Waals surface area contributed by atoms with E-state index >= 15 is 0 Å². The fourth-order valence-corrected chi connectivity index (χ4v) is 1.36. The Labute approximate surface area is 86.7 Å². The molecule has 0 bridgehead atoms. The topological polar surface area (TPSA) is 44.1 Å².